The molecule has 0 atom stereocenters. The monoisotopic (exact) mass is 466 g/mol. The van der Waals surface area contributed by atoms with Crippen molar-refractivity contribution >= 4 is 51.3 Å². The van der Waals surface area contributed by atoms with Crippen molar-refractivity contribution in [3.05, 3.63) is 64.1 Å². The Kier molecular flexibility index (Phi) is 7.49. The van der Waals surface area contributed by atoms with Crippen LogP contribution in [0.2, 0.25) is 0 Å². The molecular formula is C19H19BrN2O3S2. The largest absolute Gasteiger partial charge is 0.484 e. The summed E-state index contributed by atoms with van der Waals surface area (Å²) in [5.41, 5.74) is 6.43. The molecule has 1 aliphatic rings. The molecule has 27 heavy (non-hydrogen) atoms. The molecule has 1 heterocycles. The van der Waals surface area contributed by atoms with Crippen LogP contribution in [-0.4, -0.2) is 29.9 Å². The maximum Gasteiger partial charge on any atom is 0.276 e. The normalized spacial score (nSPS) is 14.4. The maximum absolute atomic E-state index is 11.9. The predicted octanol–water partition coefficient (Wildman–Crippen LogP) is 4.16. The molecule has 2 amide bonds. The fraction of sp³-hybridized carbons (Fsp3) is 0.263. The van der Waals surface area contributed by atoms with Crippen molar-refractivity contribution in [2.75, 3.05) is 18.1 Å². The summed E-state index contributed by atoms with van der Waals surface area (Å²) < 4.78 is 6.84. The van der Waals surface area contributed by atoms with Crippen molar-refractivity contribution in [1.82, 2.24) is 10.9 Å². The lowest BCUT2D eigenvalue weighted by atomic mass is 10.2. The quantitative estimate of drug-likeness (QED) is 0.647. The molecule has 1 fully saturated rings. The summed E-state index contributed by atoms with van der Waals surface area (Å²) >= 11 is 7.23. The molecular weight excluding hydrogens is 448 g/mol. The van der Waals surface area contributed by atoms with Gasteiger partial charge in [-0.05, 0) is 59.9 Å². The van der Waals surface area contributed by atoms with E-state index in [9.17, 15) is 9.59 Å². The van der Waals surface area contributed by atoms with Gasteiger partial charge in [-0.15, -0.1) is 23.5 Å². The van der Waals surface area contributed by atoms with Gasteiger partial charge in [-0.25, -0.2) is 0 Å². The lowest BCUT2D eigenvalue weighted by molar-refractivity contribution is -0.123. The molecule has 1 saturated heterocycles. The van der Waals surface area contributed by atoms with Crippen LogP contribution in [0.1, 0.15) is 26.9 Å². The first-order valence-corrected chi connectivity index (χ1v) is 11.3. The Balaban J connectivity index is 1.42. The second-order valence-electron chi connectivity index (χ2n) is 5.79. The number of thioether (sulfide) groups is 2. The highest BCUT2D eigenvalue weighted by molar-refractivity contribution is 9.10. The Hall–Kier alpha value is -1.64. The molecule has 1 aliphatic heterocycles. The zero-order valence-electron chi connectivity index (χ0n) is 14.4. The van der Waals surface area contributed by atoms with E-state index in [1.54, 1.807) is 24.3 Å². The van der Waals surface area contributed by atoms with Gasteiger partial charge in [0.1, 0.15) is 5.75 Å². The Morgan fingerprint density at radius 2 is 1.67 bits per heavy atom. The first-order chi connectivity index (χ1) is 13.1. The van der Waals surface area contributed by atoms with Crippen molar-refractivity contribution in [2.45, 2.75) is 11.0 Å². The molecule has 0 bridgehead atoms. The van der Waals surface area contributed by atoms with E-state index >= 15 is 0 Å². The summed E-state index contributed by atoms with van der Waals surface area (Å²) in [5, 5.41) is 0. The highest BCUT2D eigenvalue weighted by atomic mass is 79.9. The second-order valence-corrected chi connectivity index (χ2v) is 9.43. The average molecular weight is 467 g/mol. The summed E-state index contributed by atoms with van der Waals surface area (Å²) in [6.07, 6.45) is 1.26. The number of benzene rings is 2. The van der Waals surface area contributed by atoms with E-state index in [-0.39, 0.29) is 12.5 Å². The molecule has 0 unspecified atom stereocenters. The summed E-state index contributed by atoms with van der Waals surface area (Å²) in [7, 11) is 0. The van der Waals surface area contributed by atoms with Crippen molar-refractivity contribution in [2.24, 2.45) is 0 Å². The fourth-order valence-electron chi connectivity index (χ4n) is 2.39. The minimum Gasteiger partial charge on any atom is -0.484 e. The van der Waals surface area contributed by atoms with E-state index in [0.29, 0.717) is 15.9 Å². The highest BCUT2D eigenvalue weighted by Gasteiger charge is 2.16. The van der Waals surface area contributed by atoms with Gasteiger partial charge in [0.25, 0.3) is 11.8 Å². The van der Waals surface area contributed by atoms with Gasteiger partial charge in [0.15, 0.2) is 6.61 Å². The van der Waals surface area contributed by atoms with Gasteiger partial charge in [-0.3, -0.25) is 20.4 Å². The van der Waals surface area contributed by atoms with Gasteiger partial charge in [0.2, 0.25) is 0 Å². The topological polar surface area (TPSA) is 67.4 Å². The number of hydrogen-bond donors (Lipinski definition) is 2. The fourth-order valence-corrected chi connectivity index (χ4v) is 5.54. The number of hydrogen-bond acceptors (Lipinski definition) is 5. The highest BCUT2D eigenvalue weighted by Crippen LogP contribution is 2.43. The van der Waals surface area contributed by atoms with E-state index in [0.717, 1.165) is 4.47 Å². The molecule has 0 aliphatic carbocycles. The Labute approximate surface area is 175 Å². The first kappa shape index (κ1) is 20.1. The van der Waals surface area contributed by atoms with Crippen LogP contribution in [0, 0.1) is 0 Å². The number of halogens is 1. The van der Waals surface area contributed by atoms with Crippen LogP contribution in [0.15, 0.2) is 53.0 Å². The number of ether oxygens (including phenoxy) is 1. The lowest BCUT2D eigenvalue weighted by Crippen LogP contribution is -2.43. The summed E-state index contributed by atoms with van der Waals surface area (Å²) in [5.74, 6) is 2.20. The zero-order chi connectivity index (χ0) is 19.1. The SMILES string of the molecule is O=C(COc1ccc(C2SCCCS2)cc1)NNC(=O)c1ccc(Br)cc1. The van der Waals surface area contributed by atoms with E-state index in [1.807, 2.05) is 47.8 Å². The number of carbonyl (C=O) groups excluding carboxylic acids is 2. The molecule has 2 aromatic rings. The van der Waals surface area contributed by atoms with Crippen LogP contribution < -0.4 is 15.6 Å². The third kappa shape index (κ3) is 6.19. The Morgan fingerprint density at radius 1 is 1.00 bits per heavy atom. The van der Waals surface area contributed by atoms with Gasteiger partial charge in [0, 0.05) is 10.0 Å². The Morgan fingerprint density at radius 3 is 2.33 bits per heavy atom. The van der Waals surface area contributed by atoms with Crippen molar-refractivity contribution in [1.29, 1.82) is 0 Å². The molecule has 2 N–H and O–H groups in total. The second kappa shape index (κ2) is 10.1. The predicted molar refractivity (Wildman–Crippen MR) is 114 cm³/mol. The molecule has 5 nitrogen and oxygen atoms in total. The molecule has 8 heteroatoms. The van der Waals surface area contributed by atoms with Gasteiger partial charge in [0.05, 0.1) is 4.58 Å². The van der Waals surface area contributed by atoms with E-state index < -0.39 is 5.91 Å². The lowest BCUT2D eigenvalue weighted by Gasteiger charge is -2.21. The summed E-state index contributed by atoms with van der Waals surface area (Å²) in [6, 6.07) is 14.7. The van der Waals surface area contributed by atoms with E-state index in [4.69, 9.17) is 4.74 Å². The van der Waals surface area contributed by atoms with Gasteiger partial charge in [-0.2, -0.15) is 0 Å². The summed E-state index contributed by atoms with van der Waals surface area (Å²) in [6.45, 7) is -0.174. The van der Waals surface area contributed by atoms with Gasteiger partial charge >= 0.3 is 0 Å². The minimum atomic E-state index is -0.428. The van der Waals surface area contributed by atoms with Gasteiger partial charge in [-0.1, -0.05) is 28.1 Å². The number of hydrazine groups is 1. The average Bonchev–Trinajstić information content (AvgIpc) is 2.72. The third-order valence-corrected chi connectivity index (χ3v) is 7.31. The third-order valence-electron chi connectivity index (χ3n) is 3.77. The van der Waals surface area contributed by atoms with E-state index in [2.05, 4.69) is 26.8 Å². The van der Waals surface area contributed by atoms with Crippen LogP contribution in [0.3, 0.4) is 0 Å². The molecule has 0 aromatic heterocycles. The van der Waals surface area contributed by atoms with Crippen molar-refractivity contribution in [3.8, 4) is 5.75 Å². The number of carbonyl (C=O) groups is 2. The van der Waals surface area contributed by atoms with Crippen LogP contribution in [0.25, 0.3) is 0 Å². The molecule has 0 radical (unpaired) electrons. The zero-order valence-corrected chi connectivity index (χ0v) is 17.7. The molecule has 2 aromatic carbocycles. The van der Waals surface area contributed by atoms with Crippen LogP contribution in [-0.2, 0) is 4.79 Å². The molecule has 142 valence electrons. The van der Waals surface area contributed by atoms with Gasteiger partial charge < -0.3 is 4.74 Å². The molecule has 0 saturated carbocycles. The van der Waals surface area contributed by atoms with Crippen LogP contribution in [0.4, 0.5) is 0 Å². The maximum atomic E-state index is 11.9. The molecule has 0 spiro atoms. The molecule has 3 rings (SSSR count). The smallest absolute Gasteiger partial charge is 0.276 e. The van der Waals surface area contributed by atoms with Crippen molar-refractivity contribution in [3.63, 3.8) is 0 Å². The first-order valence-electron chi connectivity index (χ1n) is 8.42. The van der Waals surface area contributed by atoms with Crippen LogP contribution in [0.5, 0.6) is 5.75 Å². The number of nitrogens with one attached hydrogen (secondary N) is 2. The number of rotatable bonds is 5. The Bertz CT molecular complexity index is 779. The summed E-state index contributed by atoms with van der Waals surface area (Å²) in [4.78, 5) is 23.8. The standard InChI is InChI=1S/C19H19BrN2O3S2/c20-15-6-2-13(3-7-15)18(24)22-21-17(23)12-25-16-8-4-14(5-9-16)19-26-10-1-11-27-19/h2-9,19H,1,10-12H2,(H,21,23)(H,22,24). The van der Waals surface area contributed by atoms with Crippen molar-refractivity contribution < 1.29 is 14.3 Å². The van der Waals surface area contributed by atoms with E-state index in [1.165, 1.54) is 23.5 Å². The minimum absolute atomic E-state index is 0.174. The van der Waals surface area contributed by atoms with Crippen LogP contribution >= 0.6 is 39.5 Å². The number of amides is 2.